The fraction of sp³-hybridized carbons (Fsp3) is 1.00. The van der Waals surface area contributed by atoms with E-state index in [2.05, 4.69) is 25.9 Å². The van der Waals surface area contributed by atoms with E-state index in [9.17, 15) is 0 Å². The molecule has 4 saturated carbocycles. The molecule has 0 saturated heterocycles. The Balaban J connectivity index is 1.86. The van der Waals surface area contributed by atoms with Gasteiger partial charge in [-0.25, -0.2) is 0 Å². The number of hydrogen-bond acceptors (Lipinski definition) is 1. The summed E-state index contributed by atoms with van der Waals surface area (Å²) in [5, 5.41) is 0. The van der Waals surface area contributed by atoms with E-state index >= 15 is 0 Å². The molecule has 0 heterocycles. The number of hydrogen-bond donors (Lipinski definition) is 0. The summed E-state index contributed by atoms with van der Waals surface area (Å²) in [6.07, 6.45) is 9.33. The van der Waals surface area contributed by atoms with Crippen molar-refractivity contribution in [2.24, 2.45) is 23.2 Å². The molecular weight excluding hydrogens is 182 g/mol. The van der Waals surface area contributed by atoms with Crippen LogP contribution in [-0.4, -0.2) is 25.0 Å². The Morgan fingerprint density at radius 2 is 1.33 bits per heavy atom. The molecule has 0 aromatic heterocycles. The zero-order valence-electron chi connectivity index (χ0n) is 10.5. The molecule has 0 spiro atoms. The van der Waals surface area contributed by atoms with Gasteiger partial charge in [-0.1, -0.05) is 0 Å². The Bertz CT molecular complexity index is 221. The van der Waals surface area contributed by atoms with Gasteiger partial charge in [0.1, 0.15) is 0 Å². The minimum atomic E-state index is 0.707. The fourth-order valence-corrected chi connectivity index (χ4v) is 5.24. The van der Waals surface area contributed by atoms with Gasteiger partial charge < -0.3 is 4.90 Å². The summed E-state index contributed by atoms with van der Waals surface area (Å²) in [6.45, 7) is 2.47. The van der Waals surface area contributed by atoms with Gasteiger partial charge in [0.25, 0.3) is 0 Å². The van der Waals surface area contributed by atoms with Gasteiger partial charge >= 0.3 is 0 Å². The molecule has 0 aliphatic heterocycles. The van der Waals surface area contributed by atoms with Gasteiger partial charge in [0, 0.05) is 6.04 Å². The molecule has 86 valence electrons. The van der Waals surface area contributed by atoms with Crippen molar-refractivity contribution in [1.82, 2.24) is 4.90 Å². The van der Waals surface area contributed by atoms with Crippen molar-refractivity contribution in [2.75, 3.05) is 14.1 Å². The highest BCUT2D eigenvalue weighted by molar-refractivity contribution is 5.05. The van der Waals surface area contributed by atoms with Crippen molar-refractivity contribution in [3.8, 4) is 0 Å². The molecule has 0 aromatic carbocycles. The molecule has 4 bridgehead atoms. The van der Waals surface area contributed by atoms with Gasteiger partial charge in [-0.3, -0.25) is 0 Å². The Hall–Kier alpha value is -0.0400. The third-order valence-corrected chi connectivity index (χ3v) is 5.75. The minimum Gasteiger partial charge on any atom is -0.306 e. The SMILES string of the molecule is C[C@@H](N(C)C)C12CC3CC(CC(C3)C1)C2. The molecular formula is C14H25N. The molecule has 1 heteroatoms. The Morgan fingerprint density at radius 1 is 0.933 bits per heavy atom. The average molecular weight is 207 g/mol. The lowest BCUT2D eigenvalue weighted by molar-refractivity contribution is -0.0887. The van der Waals surface area contributed by atoms with Crippen LogP contribution in [0.4, 0.5) is 0 Å². The van der Waals surface area contributed by atoms with Crippen LogP contribution in [0.25, 0.3) is 0 Å². The highest BCUT2D eigenvalue weighted by atomic mass is 15.1. The van der Waals surface area contributed by atoms with Gasteiger partial charge in [-0.2, -0.15) is 0 Å². The van der Waals surface area contributed by atoms with Gasteiger partial charge in [-0.05, 0) is 82.7 Å². The molecule has 4 fully saturated rings. The van der Waals surface area contributed by atoms with E-state index in [0.29, 0.717) is 5.41 Å². The smallest absolute Gasteiger partial charge is 0.0118 e. The van der Waals surface area contributed by atoms with Crippen molar-refractivity contribution in [3.05, 3.63) is 0 Å². The topological polar surface area (TPSA) is 3.24 Å². The molecule has 15 heavy (non-hydrogen) atoms. The summed E-state index contributed by atoms with van der Waals surface area (Å²) in [4.78, 5) is 2.47. The molecule has 4 aliphatic carbocycles. The molecule has 1 nitrogen and oxygen atoms in total. The molecule has 4 aliphatic rings. The highest BCUT2D eigenvalue weighted by Crippen LogP contribution is 2.61. The van der Waals surface area contributed by atoms with Crippen molar-refractivity contribution in [3.63, 3.8) is 0 Å². The first-order valence-electron chi connectivity index (χ1n) is 6.75. The Kier molecular flexibility index (Phi) is 2.18. The summed E-state index contributed by atoms with van der Waals surface area (Å²) in [5.41, 5.74) is 0.707. The maximum atomic E-state index is 2.47. The quantitative estimate of drug-likeness (QED) is 0.672. The first-order valence-corrected chi connectivity index (χ1v) is 6.75. The van der Waals surface area contributed by atoms with Crippen LogP contribution in [0.1, 0.15) is 45.4 Å². The Labute approximate surface area is 94.2 Å². The van der Waals surface area contributed by atoms with E-state index in [4.69, 9.17) is 0 Å². The van der Waals surface area contributed by atoms with E-state index in [1.807, 2.05) is 0 Å². The largest absolute Gasteiger partial charge is 0.306 e. The van der Waals surface area contributed by atoms with Gasteiger partial charge in [-0.15, -0.1) is 0 Å². The van der Waals surface area contributed by atoms with Crippen LogP contribution in [0.2, 0.25) is 0 Å². The molecule has 0 aromatic rings. The maximum absolute atomic E-state index is 2.47. The third kappa shape index (κ3) is 1.46. The minimum absolute atomic E-state index is 0.707. The molecule has 0 N–H and O–H groups in total. The second kappa shape index (κ2) is 3.23. The highest BCUT2D eigenvalue weighted by Gasteiger charge is 2.53. The maximum Gasteiger partial charge on any atom is 0.0118 e. The Morgan fingerprint density at radius 3 is 1.67 bits per heavy atom. The summed E-state index contributed by atoms with van der Waals surface area (Å²) in [7, 11) is 4.53. The summed E-state index contributed by atoms with van der Waals surface area (Å²) in [5.74, 6) is 3.29. The number of nitrogens with zero attached hydrogens (tertiary/aromatic N) is 1. The number of rotatable bonds is 2. The first-order chi connectivity index (χ1) is 7.09. The molecule has 0 amide bonds. The summed E-state index contributed by atoms with van der Waals surface area (Å²) >= 11 is 0. The van der Waals surface area contributed by atoms with E-state index in [0.717, 1.165) is 23.8 Å². The van der Waals surface area contributed by atoms with Crippen LogP contribution < -0.4 is 0 Å². The first kappa shape index (κ1) is 10.1. The van der Waals surface area contributed by atoms with E-state index < -0.39 is 0 Å². The van der Waals surface area contributed by atoms with Crippen molar-refractivity contribution in [1.29, 1.82) is 0 Å². The van der Waals surface area contributed by atoms with Gasteiger partial charge in [0.05, 0.1) is 0 Å². The lowest BCUT2D eigenvalue weighted by Gasteiger charge is -2.60. The normalized spacial score (nSPS) is 50.0. The van der Waals surface area contributed by atoms with E-state index in [1.165, 1.54) is 0 Å². The standard InChI is InChI=1S/C14H25N/c1-10(15(2)3)14-7-11-4-12(8-14)6-13(5-11)9-14/h10-13H,4-9H2,1-3H3/t10-,11?,12?,13?,14?/m1/s1. The molecule has 4 rings (SSSR count). The average Bonchev–Trinajstić information content (AvgIpc) is 2.14. The third-order valence-electron chi connectivity index (χ3n) is 5.75. The van der Waals surface area contributed by atoms with Crippen molar-refractivity contribution >= 4 is 0 Å². The van der Waals surface area contributed by atoms with E-state index in [1.54, 1.807) is 38.5 Å². The van der Waals surface area contributed by atoms with Gasteiger partial charge in [0.2, 0.25) is 0 Å². The lowest BCUT2D eigenvalue weighted by atomic mass is 9.48. The van der Waals surface area contributed by atoms with Crippen LogP contribution in [0.5, 0.6) is 0 Å². The van der Waals surface area contributed by atoms with E-state index in [-0.39, 0.29) is 0 Å². The van der Waals surface area contributed by atoms with Crippen LogP contribution >= 0.6 is 0 Å². The van der Waals surface area contributed by atoms with Crippen LogP contribution in [-0.2, 0) is 0 Å². The molecule has 0 unspecified atom stereocenters. The molecule has 0 radical (unpaired) electrons. The summed E-state index contributed by atoms with van der Waals surface area (Å²) in [6, 6.07) is 0.797. The zero-order valence-corrected chi connectivity index (χ0v) is 10.5. The monoisotopic (exact) mass is 207 g/mol. The van der Waals surface area contributed by atoms with Gasteiger partial charge in [0.15, 0.2) is 0 Å². The predicted molar refractivity (Wildman–Crippen MR) is 63.8 cm³/mol. The zero-order chi connectivity index (χ0) is 10.6. The second-order valence-electron chi connectivity index (χ2n) is 6.92. The predicted octanol–water partition coefficient (Wildman–Crippen LogP) is 3.15. The van der Waals surface area contributed by atoms with Crippen LogP contribution in [0, 0.1) is 23.2 Å². The molecule has 1 atom stereocenters. The van der Waals surface area contributed by atoms with Crippen molar-refractivity contribution < 1.29 is 0 Å². The van der Waals surface area contributed by atoms with Crippen LogP contribution in [0.15, 0.2) is 0 Å². The van der Waals surface area contributed by atoms with Crippen LogP contribution in [0.3, 0.4) is 0 Å². The lowest BCUT2D eigenvalue weighted by Crippen LogP contribution is -2.54. The summed E-state index contributed by atoms with van der Waals surface area (Å²) < 4.78 is 0. The second-order valence-corrected chi connectivity index (χ2v) is 6.92. The fourth-order valence-electron chi connectivity index (χ4n) is 5.24. The van der Waals surface area contributed by atoms with Crippen molar-refractivity contribution in [2.45, 2.75) is 51.5 Å².